The van der Waals surface area contributed by atoms with Gasteiger partial charge in [0.05, 0.1) is 16.8 Å². The van der Waals surface area contributed by atoms with Crippen molar-refractivity contribution in [2.75, 3.05) is 7.05 Å². The van der Waals surface area contributed by atoms with E-state index in [-0.39, 0.29) is 17.4 Å². The van der Waals surface area contributed by atoms with E-state index in [1.165, 1.54) is 11.1 Å². The highest BCUT2D eigenvalue weighted by atomic mass is 16.3. The van der Waals surface area contributed by atoms with Crippen molar-refractivity contribution in [2.24, 2.45) is 0 Å². The van der Waals surface area contributed by atoms with Crippen molar-refractivity contribution in [3.8, 4) is 11.9 Å². The van der Waals surface area contributed by atoms with Crippen LogP contribution in [-0.4, -0.2) is 32.1 Å². The molecule has 0 unspecified atom stereocenters. The molecule has 1 aliphatic carbocycles. The van der Waals surface area contributed by atoms with Crippen LogP contribution in [-0.2, 0) is 24.9 Å². The van der Waals surface area contributed by atoms with E-state index < -0.39 is 0 Å². The molecule has 0 saturated carbocycles. The molecule has 0 bridgehead atoms. The molecule has 22 heavy (non-hydrogen) atoms. The first-order valence-corrected chi connectivity index (χ1v) is 7.67. The van der Waals surface area contributed by atoms with Crippen LogP contribution in [0.1, 0.15) is 35.2 Å². The quantitative estimate of drug-likeness (QED) is 0.779. The summed E-state index contributed by atoms with van der Waals surface area (Å²) >= 11 is 0. The number of benzene rings is 1. The summed E-state index contributed by atoms with van der Waals surface area (Å²) in [6.45, 7) is 0.593. The lowest BCUT2D eigenvalue weighted by atomic mass is 9.71. The fraction of sp³-hybridized carbons (Fsp3) is 0.412. The molecular formula is C17H19N3O2. The summed E-state index contributed by atoms with van der Waals surface area (Å²) in [4.78, 5) is 10.2. The minimum absolute atomic E-state index is 0.102. The lowest BCUT2D eigenvalue weighted by Crippen LogP contribution is -2.50. The Bertz CT molecular complexity index is 747. The molecule has 1 aliphatic heterocycles. The van der Waals surface area contributed by atoms with Crippen molar-refractivity contribution in [3.05, 3.63) is 46.6 Å². The van der Waals surface area contributed by atoms with E-state index in [0.29, 0.717) is 13.0 Å². The zero-order valence-electron chi connectivity index (χ0n) is 12.6. The summed E-state index contributed by atoms with van der Waals surface area (Å²) < 4.78 is 0. The van der Waals surface area contributed by atoms with E-state index in [9.17, 15) is 10.2 Å². The molecule has 0 fully saturated rings. The Hall–Kier alpha value is -2.14. The molecule has 1 aromatic heterocycles. The van der Waals surface area contributed by atoms with Crippen LogP contribution in [0.5, 0.6) is 11.9 Å². The molecule has 0 saturated heterocycles. The van der Waals surface area contributed by atoms with Crippen LogP contribution >= 0.6 is 0 Å². The van der Waals surface area contributed by atoms with Crippen LogP contribution in [0.2, 0.25) is 0 Å². The van der Waals surface area contributed by atoms with Crippen molar-refractivity contribution >= 4 is 0 Å². The van der Waals surface area contributed by atoms with Crippen molar-refractivity contribution in [1.29, 1.82) is 0 Å². The Kier molecular flexibility index (Phi) is 2.87. The van der Waals surface area contributed by atoms with Crippen LogP contribution in [0.15, 0.2) is 24.3 Å². The molecular weight excluding hydrogens is 278 g/mol. The Balaban J connectivity index is 1.88. The predicted octanol–water partition coefficient (Wildman–Crippen LogP) is 2.11. The first kappa shape index (κ1) is 13.5. The Morgan fingerprint density at radius 2 is 2.00 bits per heavy atom. The molecule has 2 N–H and O–H groups in total. The van der Waals surface area contributed by atoms with Crippen LogP contribution in [0, 0.1) is 0 Å². The largest absolute Gasteiger partial charge is 0.493 e. The SMILES string of the molecule is CN1Cc2c(O)nc(O)nc2C[C@]12CCCc1ccccc12. The first-order valence-electron chi connectivity index (χ1n) is 7.67. The number of aromatic nitrogens is 2. The number of rotatable bonds is 0. The molecule has 5 nitrogen and oxygen atoms in total. The van der Waals surface area contributed by atoms with Gasteiger partial charge >= 0.3 is 6.01 Å². The van der Waals surface area contributed by atoms with Crippen LogP contribution in [0.4, 0.5) is 0 Å². The zero-order valence-corrected chi connectivity index (χ0v) is 12.6. The molecule has 2 aliphatic rings. The highest BCUT2D eigenvalue weighted by Crippen LogP contribution is 2.46. The Labute approximate surface area is 129 Å². The topological polar surface area (TPSA) is 69.5 Å². The smallest absolute Gasteiger partial charge is 0.317 e. The summed E-state index contributed by atoms with van der Waals surface area (Å²) in [5.74, 6) is -0.103. The van der Waals surface area contributed by atoms with Gasteiger partial charge in [-0.15, -0.1) is 0 Å². The predicted molar refractivity (Wildman–Crippen MR) is 81.6 cm³/mol. The molecule has 2 aromatic rings. The molecule has 2 heterocycles. The van der Waals surface area contributed by atoms with Gasteiger partial charge in [0.1, 0.15) is 0 Å². The highest BCUT2D eigenvalue weighted by molar-refractivity contribution is 5.42. The maximum Gasteiger partial charge on any atom is 0.317 e. The van der Waals surface area contributed by atoms with Crippen molar-refractivity contribution < 1.29 is 10.2 Å². The molecule has 1 atom stereocenters. The van der Waals surface area contributed by atoms with Gasteiger partial charge in [-0.3, -0.25) is 4.90 Å². The number of nitrogens with zero attached hydrogens (tertiary/aromatic N) is 3. The normalized spacial score (nSPS) is 24.0. The summed E-state index contributed by atoms with van der Waals surface area (Å²) in [7, 11) is 2.09. The van der Waals surface area contributed by atoms with Crippen molar-refractivity contribution in [2.45, 2.75) is 37.8 Å². The van der Waals surface area contributed by atoms with Crippen molar-refractivity contribution in [1.82, 2.24) is 14.9 Å². The van der Waals surface area contributed by atoms with Crippen LogP contribution < -0.4 is 0 Å². The second-order valence-electron chi connectivity index (χ2n) is 6.35. The first-order chi connectivity index (χ1) is 10.6. The van der Waals surface area contributed by atoms with Gasteiger partial charge < -0.3 is 10.2 Å². The number of hydrogen-bond donors (Lipinski definition) is 2. The number of fused-ring (bicyclic) bond motifs is 3. The fourth-order valence-corrected chi connectivity index (χ4v) is 4.09. The zero-order chi connectivity index (χ0) is 15.3. The van der Waals surface area contributed by atoms with Gasteiger partial charge in [0.2, 0.25) is 5.88 Å². The number of likely N-dealkylation sites (N-methyl/N-ethyl adjacent to an activating group) is 1. The van der Waals surface area contributed by atoms with Crippen LogP contribution in [0.25, 0.3) is 0 Å². The van der Waals surface area contributed by atoms with Crippen molar-refractivity contribution in [3.63, 3.8) is 0 Å². The number of aromatic hydroxyl groups is 2. The number of hydrogen-bond acceptors (Lipinski definition) is 5. The monoisotopic (exact) mass is 297 g/mol. The number of aryl methyl sites for hydroxylation is 1. The van der Waals surface area contributed by atoms with Gasteiger partial charge in [-0.1, -0.05) is 24.3 Å². The van der Waals surface area contributed by atoms with E-state index >= 15 is 0 Å². The molecule has 5 heteroatoms. The lowest BCUT2D eigenvalue weighted by Gasteiger charge is -2.49. The maximum absolute atomic E-state index is 10.00. The molecule has 0 amide bonds. The van der Waals surface area contributed by atoms with E-state index in [0.717, 1.165) is 30.5 Å². The summed E-state index contributed by atoms with van der Waals surface area (Å²) in [5.41, 5.74) is 4.14. The van der Waals surface area contributed by atoms with Crippen LogP contribution in [0.3, 0.4) is 0 Å². The summed E-state index contributed by atoms with van der Waals surface area (Å²) in [6.07, 6.45) is 4.00. The van der Waals surface area contributed by atoms with E-state index in [4.69, 9.17) is 0 Å². The minimum Gasteiger partial charge on any atom is -0.493 e. The van der Waals surface area contributed by atoms with E-state index in [2.05, 4.69) is 46.2 Å². The minimum atomic E-state index is -0.347. The molecule has 4 rings (SSSR count). The Morgan fingerprint density at radius 3 is 2.86 bits per heavy atom. The fourth-order valence-electron chi connectivity index (χ4n) is 4.09. The highest BCUT2D eigenvalue weighted by Gasteiger charge is 2.44. The third-order valence-electron chi connectivity index (χ3n) is 5.20. The second-order valence-corrected chi connectivity index (χ2v) is 6.35. The van der Waals surface area contributed by atoms with E-state index in [1.807, 2.05) is 0 Å². The molecule has 0 radical (unpaired) electrons. The van der Waals surface area contributed by atoms with Gasteiger partial charge in [-0.05, 0) is 37.4 Å². The second kappa shape index (κ2) is 4.68. The average molecular weight is 297 g/mol. The van der Waals surface area contributed by atoms with Gasteiger partial charge in [0.15, 0.2) is 0 Å². The van der Waals surface area contributed by atoms with E-state index in [1.54, 1.807) is 0 Å². The summed E-state index contributed by atoms with van der Waals surface area (Å²) in [6, 6.07) is 8.24. The maximum atomic E-state index is 10.00. The average Bonchev–Trinajstić information content (AvgIpc) is 2.50. The van der Waals surface area contributed by atoms with Gasteiger partial charge in [-0.25, -0.2) is 0 Å². The Morgan fingerprint density at radius 1 is 1.18 bits per heavy atom. The standard InChI is InChI=1S/C17H19N3O2/c1-20-10-12-14(18-16(22)19-15(12)21)9-17(20)8-4-6-11-5-2-3-7-13(11)17/h2-3,5,7H,4,6,8-10H2,1H3,(H2,18,19,21,22)/t17-/m0/s1. The third-order valence-corrected chi connectivity index (χ3v) is 5.20. The third kappa shape index (κ3) is 1.82. The van der Waals surface area contributed by atoms with Gasteiger partial charge in [-0.2, -0.15) is 9.97 Å². The summed E-state index contributed by atoms with van der Waals surface area (Å²) in [5, 5.41) is 19.6. The molecule has 114 valence electrons. The van der Waals surface area contributed by atoms with Gasteiger partial charge in [0, 0.05) is 13.0 Å². The molecule has 1 spiro atoms. The lowest BCUT2D eigenvalue weighted by molar-refractivity contribution is 0.0709. The van der Waals surface area contributed by atoms with Gasteiger partial charge in [0.25, 0.3) is 0 Å². The molecule has 1 aromatic carbocycles.